The molecule has 0 radical (unpaired) electrons. The van der Waals surface area contributed by atoms with Gasteiger partial charge < -0.3 is 19.7 Å². The molecule has 0 spiro atoms. The van der Waals surface area contributed by atoms with Crippen LogP contribution in [0, 0.1) is 11.3 Å². The molecule has 0 aliphatic rings. The van der Waals surface area contributed by atoms with Crippen LogP contribution in [0.25, 0.3) is 22.6 Å². The van der Waals surface area contributed by atoms with E-state index in [4.69, 9.17) is 9.78 Å². The van der Waals surface area contributed by atoms with E-state index in [1.807, 2.05) is 42.9 Å². The predicted molar refractivity (Wildman–Crippen MR) is 124 cm³/mol. The Morgan fingerprint density at radius 2 is 2.00 bits per heavy atom. The van der Waals surface area contributed by atoms with Gasteiger partial charge in [0.15, 0.2) is 5.76 Å². The number of aromatic nitrogens is 3. The molecular weight excluding hydrogens is 416 g/mol. The lowest BCUT2D eigenvalue weighted by Crippen LogP contribution is -2.23. The van der Waals surface area contributed by atoms with Crippen LogP contribution >= 0.6 is 0 Å². The van der Waals surface area contributed by atoms with E-state index in [-0.39, 0.29) is 12.5 Å². The minimum atomic E-state index is -0.298. The minimum absolute atomic E-state index is 0.0335. The molecule has 0 bridgehead atoms. The smallest absolute Gasteiger partial charge is 0.252 e. The Hall–Kier alpha value is -4.22. The summed E-state index contributed by atoms with van der Waals surface area (Å²) < 4.78 is 7.61. The normalized spacial score (nSPS) is 10.6. The molecule has 4 rings (SSSR count). The number of nitrogens with one attached hydrogen (secondary N) is 2. The van der Waals surface area contributed by atoms with Crippen LogP contribution in [0.3, 0.4) is 0 Å². The van der Waals surface area contributed by atoms with Crippen molar-refractivity contribution in [1.82, 2.24) is 25.3 Å². The summed E-state index contributed by atoms with van der Waals surface area (Å²) in [5, 5.41) is 18.8. The van der Waals surface area contributed by atoms with Gasteiger partial charge in [-0.15, -0.1) is 0 Å². The SMILES string of the molecule is N#CCNC(=O)c1cccc(-c2cc(-c3ccc(CNCCCn4ccnc4)cc3)on2)c1. The largest absolute Gasteiger partial charge is 0.356 e. The summed E-state index contributed by atoms with van der Waals surface area (Å²) in [5.41, 5.74) is 4.00. The Balaban J connectivity index is 1.33. The third kappa shape index (κ3) is 5.93. The van der Waals surface area contributed by atoms with Gasteiger partial charge in [-0.25, -0.2) is 4.98 Å². The number of hydrogen-bond donors (Lipinski definition) is 2. The molecule has 0 aliphatic carbocycles. The number of nitriles is 1. The van der Waals surface area contributed by atoms with Crippen LogP contribution in [-0.4, -0.2) is 33.7 Å². The Morgan fingerprint density at radius 1 is 1.12 bits per heavy atom. The fraction of sp³-hybridized carbons (Fsp3) is 0.200. The standard InChI is InChI=1S/C25H24N6O2/c26-9-11-29-25(32)22-4-1-3-21(15-22)23-16-24(33-30-23)20-7-5-19(6-8-20)17-27-10-2-13-31-14-12-28-18-31/h1,3-8,12,14-16,18,27H,2,10-11,13,17H2,(H,29,32). The Morgan fingerprint density at radius 3 is 2.79 bits per heavy atom. The molecule has 2 aromatic carbocycles. The molecule has 0 saturated carbocycles. The van der Waals surface area contributed by atoms with Crippen molar-refractivity contribution >= 4 is 5.91 Å². The summed E-state index contributed by atoms with van der Waals surface area (Å²) in [4.78, 5) is 16.1. The van der Waals surface area contributed by atoms with Crippen LogP contribution in [0.4, 0.5) is 0 Å². The van der Waals surface area contributed by atoms with Crippen LogP contribution in [-0.2, 0) is 13.1 Å². The van der Waals surface area contributed by atoms with E-state index in [0.717, 1.165) is 37.2 Å². The van der Waals surface area contributed by atoms with Crippen LogP contribution in [0.15, 0.2) is 77.8 Å². The average Bonchev–Trinajstić information content (AvgIpc) is 3.55. The summed E-state index contributed by atoms with van der Waals surface area (Å²) >= 11 is 0. The van der Waals surface area contributed by atoms with Crippen molar-refractivity contribution in [2.24, 2.45) is 0 Å². The van der Waals surface area contributed by atoms with Gasteiger partial charge in [0.1, 0.15) is 12.2 Å². The third-order valence-corrected chi connectivity index (χ3v) is 5.16. The molecule has 0 fully saturated rings. The number of amides is 1. The quantitative estimate of drug-likeness (QED) is 0.288. The van der Waals surface area contributed by atoms with Crippen molar-refractivity contribution in [1.29, 1.82) is 5.26 Å². The highest BCUT2D eigenvalue weighted by molar-refractivity contribution is 5.95. The molecule has 0 unspecified atom stereocenters. The highest BCUT2D eigenvalue weighted by atomic mass is 16.5. The summed E-state index contributed by atoms with van der Waals surface area (Å²) in [7, 11) is 0. The van der Waals surface area contributed by atoms with Gasteiger partial charge in [-0.2, -0.15) is 5.26 Å². The third-order valence-electron chi connectivity index (χ3n) is 5.16. The summed E-state index contributed by atoms with van der Waals surface area (Å²) in [5.74, 6) is 0.359. The van der Waals surface area contributed by atoms with Gasteiger partial charge in [0.05, 0.1) is 12.4 Å². The zero-order chi connectivity index (χ0) is 22.9. The zero-order valence-corrected chi connectivity index (χ0v) is 18.1. The van der Waals surface area contributed by atoms with Crippen molar-refractivity contribution in [3.05, 3.63) is 84.4 Å². The second-order valence-electron chi connectivity index (χ2n) is 7.53. The Kier molecular flexibility index (Phi) is 7.25. The van der Waals surface area contributed by atoms with Gasteiger partial charge >= 0.3 is 0 Å². The van der Waals surface area contributed by atoms with Crippen molar-refractivity contribution < 1.29 is 9.32 Å². The van der Waals surface area contributed by atoms with Gasteiger partial charge in [0, 0.05) is 48.2 Å². The van der Waals surface area contributed by atoms with Gasteiger partial charge in [0.2, 0.25) is 0 Å². The number of carbonyl (C=O) groups excluding carboxylic acids is 1. The highest BCUT2D eigenvalue weighted by Gasteiger charge is 2.11. The van der Waals surface area contributed by atoms with E-state index in [1.165, 1.54) is 5.56 Å². The molecular formula is C25H24N6O2. The molecule has 166 valence electrons. The molecule has 1 amide bonds. The first-order valence-electron chi connectivity index (χ1n) is 10.7. The lowest BCUT2D eigenvalue weighted by atomic mass is 10.1. The second kappa shape index (κ2) is 10.9. The molecule has 8 nitrogen and oxygen atoms in total. The molecule has 0 aliphatic heterocycles. The first-order valence-corrected chi connectivity index (χ1v) is 10.7. The average molecular weight is 441 g/mol. The number of hydrogen-bond acceptors (Lipinski definition) is 6. The Bertz CT molecular complexity index is 1220. The lowest BCUT2D eigenvalue weighted by Gasteiger charge is -2.06. The number of aryl methyl sites for hydroxylation is 1. The zero-order valence-electron chi connectivity index (χ0n) is 18.1. The summed E-state index contributed by atoms with van der Waals surface area (Å²) in [6.45, 7) is 2.65. The molecule has 2 heterocycles. The van der Waals surface area contributed by atoms with Gasteiger partial charge in [-0.1, -0.05) is 41.6 Å². The minimum Gasteiger partial charge on any atom is -0.356 e. The van der Waals surface area contributed by atoms with E-state index in [0.29, 0.717) is 17.0 Å². The molecule has 2 aromatic heterocycles. The van der Waals surface area contributed by atoms with Crippen molar-refractivity contribution in [2.75, 3.05) is 13.1 Å². The lowest BCUT2D eigenvalue weighted by molar-refractivity contribution is 0.0958. The predicted octanol–water partition coefficient (Wildman–Crippen LogP) is 3.64. The number of imidazole rings is 1. The van der Waals surface area contributed by atoms with Crippen molar-refractivity contribution in [3.63, 3.8) is 0 Å². The highest BCUT2D eigenvalue weighted by Crippen LogP contribution is 2.26. The van der Waals surface area contributed by atoms with E-state index in [9.17, 15) is 4.79 Å². The fourth-order valence-corrected chi connectivity index (χ4v) is 3.41. The summed E-state index contributed by atoms with van der Waals surface area (Å²) in [6.07, 6.45) is 6.63. The maximum absolute atomic E-state index is 12.1. The van der Waals surface area contributed by atoms with Gasteiger partial charge in [0.25, 0.3) is 5.91 Å². The first kappa shape index (κ1) is 22.0. The molecule has 4 aromatic rings. The van der Waals surface area contributed by atoms with Crippen LogP contribution in [0.2, 0.25) is 0 Å². The van der Waals surface area contributed by atoms with Gasteiger partial charge in [-0.05, 0) is 30.7 Å². The fourth-order valence-electron chi connectivity index (χ4n) is 3.41. The van der Waals surface area contributed by atoms with Crippen LogP contribution in [0.1, 0.15) is 22.3 Å². The number of carbonyl (C=O) groups is 1. The maximum atomic E-state index is 12.1. The van der Waals surface area contributed by atoms with E-state index < -0.39 is 0 Å². The molecule has 2 N–H and O–H groups in total. The number of rotatable bonds is 10. The van der Waals surface area contributed by atoms with Crippen LogP contribution in [0.5, 0.6) is 0 Å². The maximum Gasteiger partial charge on any atom is 0.252 e. The molecule has 33 heavy (non-hydrogen) atoms. The number of nitrogens with zero attached hydrogens (tertiary/aromatic N) is 4. The molecule has 0 saturated heterocycles. The first-order chi connectivity index (χ1) is 16.2. The monoisotopic (exact) mass is 440 g/mol. The van der Waals surface area contributed by atoms with Crippen molar-refractivity contribution in [2.45, 2.75) is 19.5 Å². The topological polar surface area (TPSA) is 109 Å². The van der Waals surface area contributed by atoms with Gasteiger partial charge in [-0.3, -0.25) is 4.79 Å². The second-order valence-corrected chi connectivity index (χ2v) is 7.53. The van der Waals surface area contributed by atoms with Crippen molar-refractivity contribution in [3.8, 4) is 28.7 Å². The summed E-state index contributed by atoms with van der Waals surface area (Å²) in [6, 6.07) is 19.0. The van der Waals surface area contributed by atoms with E-state index in [2.05, 4.69) is 37.5 Å². The van der Waals surface area contributed by atoms with E-state index in [1.54, 1.807) is 24.4 Å². The Labute approximate surface area is 191 Å². The number of benzene rings is 2. The van der Waals surface area contributed by atoms with E-state index >= 15 is 0 Å². The molecule has 0 atom stereocenters. The molecule has 8 heteroatoms. The van der Waals surface area contributed by atoms with Crippen LogP contribution < -0.4 is 10.6 Å².